The predicted octanol–water partition coefficient (Wildman–Crippen LogP) is 4.99. The van der Waals surface area contributed by atoms with Crippen molar-refractivity contribution in [1.29, 1.82) is 0 Å². The molecule has 132 valence electrons. The van der Waals surface area contributed by atoms with Gasteiger partial charge in [0.15, 0.2) is 10.9 Å². The maximum Gasteiger partial charge on any atom is 0.197 e. The molecule has 0 atom stereocenters. The van der Waals surface area contributed by atoms with E-state index in [2.05, 4.69) is 4.98 Å². The highest BCUT2D eigenvalue weighted by Gasteiger charge is 2.13. The Labute approximate surface area is 162 Å². The van der Waals surface area contributed by atoms with E-state index in [1.165, 1.54) is 0 Å². The van der Waals surface area contributed by atoms with Gasteiger partial charge in [-0.25, -0.2) is 0 Å². The first kappa shape index (κ1) is 16.4. The average Bonchev–Trinajstić information content (AvgIpc) is 2.66. The first-order valence-corrected chi connectivity index (χ1v) is 9.07. The highest BCUT2D eigenvalue weighted by molar-refractivity contribution is 6.31. The summed E-state index contributed by atoms with van der Waals surface area (Å²) in [5.41, 5.74) is 2.51. The van der Waals surface area contributed by atoms with Crippen molar-refractivity contribution >= 4 is 66.8 Å². The molecule has 0 saturated heterocycles. The normalized spacial score (nSPS) is 11.8. The number of rotatable bonds is 0. The van der Waals surface area contributed by atoms with Crippen LogP contribution in [-0.4, -0.2) is 9.55 Å². The van der Waals surface area contributed by atoms with Gasteiger partial charge in [0.2, 0.25) is 0 Å². The summed E-state index contributed by atoms with van der Waals surface area (Å²) in [4.78, 5) is 29.3. The first-order valence-electron chi connectivity index (χ1n) is 8.31. The van der Waals surface area contributed by atoms with Crippen LogP contribution < -0.4 is 10.9 Å². The van der Waals surface area contributed by atoms with Crippen LogP contribution in [-0.2, 0) is 7.05 Å². The fraction of sp³-hybridized carbons (Fsp3) is 0.0476. The number of nitrogens with one attached hydrogen (secondary N) is 1. The number of aromatic amines is 1. The third kappa shape index (κ3) is 2.30. The molecule has 4 nitrogen and oxygen atoms in total. The van der Waals surface area contributed by atoms with E-state index in [1.807, 2.05) is 17.7 Å². The molecule has 0 aliphatic heterocycles. The van der Waals surface area contributed by atoms with Gasteiger partial charge in [-0.15, -0.1) is 0 Å². The Kier molecular flexibility index (Phi) is 3.39. The molecule has 0 spiro atoms. The highest BCUT2D eigenvalue weighted by atomic mass is 35.5. The number of nitrogens with zero attached hydrogens (tertiary/aromatic N) is 1. The number of aryl methyl sites for hydroxylation is 1. The van der Waals surface area contributed by atoms with Crippen molar-refractivity contribution < 1.29 is 0 Å². The van der Waals surface area contributed by atoms with Crippen molar-refractivity contribution in [1.82, 2.24) is 9.55 Å². The van der Waals surface area contributed by atoms with Gasteiger partial charge in [-0.05, 0) is 48.5 Å². The number of fused-ring (bicyclic) bond motifs is 4. The minimum absolute atomic E-state index is 0.112. The Morgan fingerprint density at radius 1 is 0.704 bits per heavy atom. The fourth-order valence-corrected chi connectivity index (χ4v) is 4.04. The van der Waals surface area contributed by atoms with Gasteiger partial charge >= 0.3 is 0 Å². The van der Waals surface area contributed by atoms with Gasteiger partial charge in [0.1, 0.15) is 0 Å². The van der Waals surface area contributed by atoms with Crippen LogP contribution in [0.1, 0.15) is 0 Å². The van der Waals surface area contributed by atoms with Crippen LogP contribution in [0.15, 0.2) is 58.1 Å². The summed E-state index contributed by atoms with van der Waals surface area (Å²) in [6.07, 6.45) is 0. The molecule has 5 aromatic rings. The molecule has 0 aliphatic carbocycles. The minimum atomic E-state index is -0.119. The molecule has 2 aromatic heterocycles. The topological polar surface area (TPSA) is 54.9 Å². The molecule has 0 bridgehead atoms. The summed E-state index contributed by atoms with van der Waals surface area (Å²) in [6, 6.07) is 13.9. The molecule has 0 saturated carbocycles. The van der Waals surface area contributed by atoms with Crippen LogP contribution in [0.25, 0.3) is 43.6 Å². The Morgan fingerprint density at radius 3 is 2.07 bits per heavy atom. The van der Waals surface area contributed by atoms with Crippen LogP contribution in [0.5, 0.6) is 0 Å². The lowest BCUT2D eigenvalue weighted by Crippen LogP contribution is -2.11. The van der Waals surface area contributed by atoms with E-state index in [1.54, 1.807) is 42.5 Å². The zero-order valence-corrected chi connectivity index (χ0v) is 15.7. The lowest BCUT2D eigenvalue weighted by molar-refractivity contribution is 1.00. The lowest BCUT2D eigenvalue weighted by Gasteiger charge is -2.12. The quantitative estimate of drug-likeness (QED) is 0.376. The van der Waals surface area contributed by atoms with Gasteiger partial charge in [-0.3, -0.25) is 9.59 Å². The summed E-state index contributed by atoms with van der Waals surface area (Å²) in [5, 5.41) is 3.13. The van der Waals surface area contributed by atoms with E-state index in [0.717, 1.165) is 5.52 Å². The third-order valence-corrected chi connectivity index (χ3v) is 5.52. The van der Waals surface area contributed by atoms with Crippen molar-refractivity contribution in [2.75, 3.05) is 0 Å². The lowest BCUT2D eigenvalue weighted by atomic mass is 10.0. The summed E-state index contributed by atoms with van der Waals surface area (Å²) >= 11 is 12.1. The van der Waals surface area contributed by atoms with Crippen molar-refractivity contribution in [3.8, 4) is 0 Å². The number of pyridine rings is 2. The number of benzene rings is 3. The molecular weight excluding hydrogens is 383 g/mol. The van der Waals surface area contributed by atoms with Gasteiger partial charge < -0.3 is 9.55 Å². The zero-order chi connectivity index (χ0) is 18.9. The third-order valence-electron chi connectivity index (χ3n) is 5.05. The van der Waals surface area contributed by atoms with Crippen LogP contribution in [0, 0.1) is 0 Å². The van der Waals surface area contributed by atoms with Crippen molar-refractivity contribution in [2.45, 2.75) is 0 Å². The average molecular weight is 395 g/mol. The van der Waals surface area contributed by atoms with Gasteiger partial charge in [0.05, 0.1) is 16.6 Å². The second-order valence-corrected chi connectivity index (χ2v) is 7.48. The molecule has 3 aromatic carbocycles. The molecular formula is C21H12Cl2N2O2. The second kappa shape index (κ2) is 5.59. The Hall–Kier alpha value is -2.82. The number of halogens is 2. The maximum absolute atomic E-state index is 13.0. The molecule has 0 amide bonds. The molecule has 0 radical (unpaired) electrons. The predicted molar refractivity (Wildman–Crippen MR) is 112 cm³/mol. The van der Waals surface area contributed by atoms with E-state index in [0.29, 0.717) is 48.1 Å². The zero-order valence-electron chi connectivity index (χ0n) is 14.1. The van der Waals surface area contributed by atoms with E-state index in [4.69, 9.17) is 23.2 Å². The number of H-pyrrole nitrogens is 1. The molecule has 0 unspecified atom stereocenters. The maximum atomic E-state index is 13.0. The number of aromatic nitrogens is 2. The van der Waals surface area contributed by atoms with E-state index in [9.17, 15) is 9.59 Å². The molecule has 6 heteroatoms. The highest BCUT2D eigenvalue weighted by Crippen LogP contribution is 2.25. The van der Waals surface area contributed by atoms with E-state index in [-0.39, 0.29) is 10.9 Å². The van der Waals surface area contributed by atoms with Gasteiger partial charge in [-0.2, -0.15) is 0 Å². The molecule has 2 heterocycles. The van der Waals surface area contributed by atoms with Crippen LogP contribution in [0.4, 0.5) is 0 Å². The van der Waals surface area contributed by atoms with E-state index >= 15 is 0 Å². The molecule has 0 fully saturated rings. The van der Waals surface area contributed by atoms with Crippen molar-refractivity contribution in [3.05, 3.63) is 79.0 Å². The standard InChI is InChI=1S/C21H12Cl2N2O2/c1-25-18-5-3-11(23)7-14(18)21(27)15-8-17-13(9-19(15)25)20(26)12-6-10(22)2-4-16(12)24-17/h2-9H,1H3,(H,24,26). The van der Waals surface area contributed by atoms with Gasteiger partial charge in [-0.1, -0.05) is 23.2 Å². The summed E-state index contributed by atoms with van der Waals surface area (Å²) in [6.45, 7) is 0. The Morgan fingerprint density at radius 2 is 1.30 bits per heavy atom. The van der Waals surface area contributed by atoms with Gasteiger partial charge in [0.25, 0.3) is 0 Å². The Bertz CT molecular complexity index is 1550. The van der Waals surface area contributed by atoms with Crippen molar-refractivity contribution in [3.63, 3.8) is 0 Å². The molecule has 0 aliphatic rings. The first-order chi connectivity index (χ1) is 12.9. The monoisotopic (exact) mass is 394 g/mol. The molecule has 1 N–H and O–H groups in total. The smallest absolute Gasteiger partial charge is 0.197 e. The SMILES string of the molecule is Cn1c2ccc(Cl)cc2c(=O)c2cc3[nH]c4ccc(Cl)cc4c(=O)c3cc21. The second-order valence-electron chi connectivity index (χ2n) is 6.61. The number of hydrogen-bond acceptors (Lipinski definition) is 2. The van der Waals surface area contributed by atoms with Crippen LogP contribution in [0.3, 0.4) is 0 Å². The largest absolute Gasteiger partial charge is 0.354 e. The minimum Gasteiger partial charge on any atom is -0.354 e. The summed E-state index contributed by atoms with van der Waals surface area (Å²) in [5.74, 6) is 0. The van der Waals surface area contributed by atoms with Gasteiger partial charge in [0, 0.05) is 44.2 Å². The van der Waals surface area contributed by atoms with E-state index < -0.39 is 0 Å². The fourth-order valence-electron chi connectivity index (χ4n) is 3.70. The summed E-state index contributed by atoms with van der Waals surface area (Å²) < 4.78 is 1.91. The summed E-state index contributed by atoms with van der Waals surface area (Å²) in [7, 11) is 1.87. The Balaban J connectivity index is 2.04. The van der Waals surface area contributed by atoms with Crippen LogP contribution in [0.2, 0.25) is 10.0 Å². The number of hydrogen-bond donors (Lipinski definition) is 1. The van der Waals surface area contributed by atoms with Crippen molar-refractivity contribution in [2.24, 2.45) is 7.05 Å². The van der Waals surface area contributed by atoms with Crippen LogP contribution >= 0.6 is 23.2 Å². The molecule has 5 rings (SSSR count). The molecule has 27 heavy (non-hydrogen) atoms.